The van der Waals surface area contributed by atoms with Gasteiger partial charge in [-0.3, -0.25) is 9.59 Å². The van der Waals surface area contributed by atoms with Gasteiger partial charge in [0.1, 0.15) is 18.7 Å². The molecule has 0 heterocycles. The first-order valence-electron chi connectivity index (χ1n) is 9.71. The number of primary amides is 1. The van der Waals surface area contributed by atoms with Crippen LogP contribution in [0.2, 0.25) is 0 Å². The summed E-state index contributed by atoms with van der Waals surface area (Å²) in [7, 11) is 0. The van der Waals surface area contributed by atoms with Crippen molar-refractivity contribution in [1.82, 2.24) is 10.6 Å². The molecule has 0 saturated carbocycles. The SMILES string of the molecule is C=CCC[C@@H](NC(=O)[C@@H](Cc1ccccc1)NC(=O)OCc1ccccc1)C(N)=O. The fraction of sp³-hybridized carbons (Fsp3) is 0.261. The number of benzene rings is 2. The fourth-order valence-electron chi connectivity index (χ4n) is 2.81. The summed E-state index contributed by atoms with van der Waals surface area (Å²) in [6.07, 6.45) is 2.00. The summed E-state index contributed by atoms with van der Waals surface area (Å²) in [4.78, 5) is 36.8. The smallest absolute Gasteiger partial charge is 0.408 e. The molecule has 0 aliphatic carbocycles. The van der Waals surface area contributed by atoms with Gasteiger partial charge in [0, 0.05) is 6.42 Å². The Hall–Kier alpha value is -3.61. The van der Waals surface area contributed by atoms with E-state index in [0.29, 0.717) is 12.8 Å². The van der Waals surface area contributed by atoms with Crippen LogP contribution in [0, 0.1) is 0 Å². The zero-order valence-electron chi connectivity index (χ0n) is 16.8. The Morgan fingerprint density at radius 2 is 1.53 bits per heavy atom. The summed E-state index contributed by atoms with van der Waals surface area (Å²) in [6, 6.07) is 16.7. The number of amides is 3. The molecule has 0 unspecified atom stereocenters. The quantitative estimate of drug-likeness (QED) is 0.495. The molecule has 7 heteroatoms. The summed E-state index contributed by atoms with van der Waals surface area (Å²) in [5.74, 6) is -1.15. The van der Waals surface area contributed by atoms with Gasteiger partial charge < -0.3 is 21.1 Å². The number of rotatable bonds is 11. The van der Waals surface area contributed by atoms with Crippen molar-refractivity contribution < 1.29 is 19.1 Å². The average Bonchev–Trinajstić information content (AvgIpc) is 2.76. The van der Waals surface area contributed by atoms with Crippen LogP contribution >= 0.6 is 0 Å². The second kappa shape index (κ2) is 12.1. The van der Waals surface area contributed by atoms with E-state index in [2.05, 4.69) is 17.2 Å². The van der Waals surface area contributed by atoms with Crippen LogP contribution in [0.1, 0.15) is 24.0 Å². The van der Waals surface area contributed by atoms with E-state index in [-0.39, 0.29) is 13.0 Å². The number of hydrogen-bond donors (Lipinski definition) is 3. The molecule has 2 atom stereocenters. The average molecular weight is 409 g/mol. The summed E-state index contributed by atoms with van der Waals surface area (Å²) in [5, 5.41) is 5.21. The number of alkyl carbamates (subject to hydrolysis) is 1. The minimum atomic E-state index is -0.929. The normalized spacial score (nSPS) is 12.3. The number of nitrogens with one attached hydrogen (secondary N) is 2. The molecule has 30 heavy (non-hydrogen) atoms. The molecule has 7 nitrogen and oxygen atoms in total. The Kier molecular flexibility index (Phi) is 9.12. The van der Waals surface area contributed by atoms with Crippen LogP contribution in [-0.4, -0.2) is 30.0 Å². The predicted octanol–water partition coefficient (Wildman–Crippen LogP) is 2.46. The van der Waals surface area contributed by atoms with Gasteiger partial charge in [0.15, 0.2) is 0 Å². The predicted molar refractivity (Wildman–Crippen MR) is 114 cm³/mol. The third-order valence-corrected chi connectivity index (χ3v) is 4.42. The lowest BCUT2D eigenvalue weighted by atomic mass is 10.0. The van der Waals surface area contributed by atoms with Gasteiger partial charge in [-0.15, -0.1) is 6.58 Å². The van der Waals surface area contributed by atoms with E-state index in [1.807, 2.05) is 60.7 Å². The zero-order chi connectivity index (χ0) is 21.8. The van der Waals surface area contributed by atoms with E-state index in [9.17, 15) is 14.4 Å². The fourth-order valence-corrected chi connectivity index (χ4v) is 2.81. The highest BCUT2D eigenvalue weighted by molar-refractivity contribution is 5.90. The molecule has 158 valence electrons. The van der Waals surface area contributed by atoms with Crippen molar-refractivity contribution in [3.05, 3.63) is 84.4 Å². The van der Waals surface area contributed by atoms with Crippen LogP contribution in [0.25, 0.3) is 0 Å². The molecular weight excluding hydrogens is 382 g/mol. The molecule has 3 amide bonds. The first-order valence-corrected chi connectivity index (χ1v) is 9.71. The molecule has 0 bridgehead atoms. The van der Waals surface area contributed by atoms with Gasteiger partial charge in [0.2, 0.25) is 11.8 Å². The molecule has 0 spiro atoms. The van der Waals surface area contributed by atoms with Crippen LogP contribution in [-0.2, 0) is 27.4 Å². The summed E-state index contributed by atoms with van der Waals surface area (Å²) >= 11 is 0. The second-order valence-electron chi connectivity index (χ2n) is 6.78. The van der Waals surface area contributed by atoms with Crippen LogP contribution in [0.15, 0.2) is 73.3 Å². The molecule has 0 fully saturated rings. The molecule has 4 N–H and O–H groups in total. The molecule has 0 saturated heterocycles. The highest BCUT2D eigenvalue weighted by Crippen LogP contribution is 2.07. The standard InChI is InChI=1S/C23H27N3O4/c1-2-3-14-19(21(24)27)25-22(28)20(15-17-10-6-4-7-11-17)26-23(29)30-16-18-12-8-5-9-13-18/h2,4-13,19-20H,1,3,14-16H2,(H2,24,27)(H,25,28)(H,26,29)/t19-,20-/m1/s1. The van der Waals surface area contributed by atoms with Gasteiger partial charge in [-0.25, -0.2) is 4.79 Å². The Morgan fingerprint density at radius 1 is 0.933 bits per heavy atom. The highest BCUT2D eigenvalue weighted by atomic mass is 16.5. The Morgan fingerprint density at radius 3 is 2.10 bits per heavy atom. The van der Waals surface area contributed by atoms with Crippen LogP contribution in [0.3, 0.4) is 0 Å². The van der Waals surface area contributed by atoms with Crippen molar-refractivity contribution in [3.63, 3.8) is 0 Å². The molecule has 0 aromatic heterocycles. The number of allylic oxidation sites excluding steroid dienone is 1. The largest absolute Gasteiger partial charge is 0.445 e. The van der Waals surface area contributed by atoms with E-state index in [1.54, 1.807) is 6.08 Å². The monoisotopic (exact) mass is 409 g/mol. The minimum absolute atomic E-state index is 0.0790. The third-order valence-electron chi connectivity index (χ3n) is 4.42. The van der Waals surface area contributed by atoms with Crippen molar-refractivity contribution in [3.8, 4) is 0 Å². The summed E-state index contributed by atoms with van der Waals surface area (Å²) < 4.78 is 5.23. The Bertz CT molecular complexity index is 840. The van der Waals surface area contributed by atoms with Gasteiger partial charge in [0.05, 0.1) is 0 Å². The lowest BCUT2D eigenvalue weighted by Gasteiger charge is -2.22. The van der Waals surface area contributed by atoms with Crippen molar-refractivity contribution in [2.45, 2.75) is 38.0 Å². The first kappa shape index (κ1) is 22.7. The van der Waals surface area contributed by atoms with Crippen molar-refractivity contribution >= 4 is 17.9 Å². The van der Waals surface area contributed by atoms with E-state index >= 15 is 0 Å². The van der Waals surface area contributed by atoms with Crippen LogP contribution < -0.4 is 16.4 Å². The lowest BCUT2D eigenvalue weighted by Crippen LogP contribution is -2.53. The second-order valence-corrected chi connectivity index (χ2v) is 6.78. The van der Waals surface area contributed by atoms with Crippen molar-refractivity contribution in [1.29, 1.82) is 0 Å². The van der Waals surface area contributed by atoms with Gasteiger partial charge in [-0.2, -0.15) is 0 Å². The maximum Gasteiger partial charge on any atom is 0.408 e. The molecule has 2 aromatic rings. The number of carbonyl (C=O) groups is 3. The van der Waals surface area contributed by atoms with Gasteiger partial charge in [-0.05, 0) is 24.0 Å². The van der Waals surface area contributed by atoms with Crippen LogP contribution in [0.5, 0.6) is 0 Å². The summed E-state index contributed by atoms with van der Waals surface area (Å²) in [6.45, 7) is 3.69. The van der Waals surface area contributed by atoms with Crippen LogP contribution in [0.4, 0.5) is 4.79 Å². The number of carbonyl (C=O) groups excluding carboxylic acids is 3. The molecule has 0 aliphatic rings. The minimum Gasteiger partial charge on any atom is -0.445 e. The zero-order valence-corrected chi connectivity index (χ0v) is 16.8. The van der Waals surface area contributed by atoms with Crippen molar-refractivity contribution in [2.24, 2.45) is 5.73 Å². The summed E-state index contributed by atoms with van der Waals surface area (Å²) in [5.41, 5.74) is 7.07. The maximum absolute atomic E-state index is 12.8. The highest BCUT2D eigenvalue weighted by Gasteiger charge is 2.26. The third kappa shape index (κ3) is 7.79. The van der Waals surface area contributed by atoms with E-state index in [1.165, 1.54) is 0 Å². The van der Waals surface area contributed by atoms with Gasteiger partial charge in [0.25, 0.3) is 0 Å². The molecule has 2 aromatic carbocycles. The van der Waals surface area contributed by atoms with E-state index in [4.69, 9.17) is 10.5 Å². The number of nitrogens with two attached hydrogens (primary N) is 1. The van der Waals surface area contributed by atoms with E-state index in [0.717, 1.165) is 11.1 Å². The molecule has 0 aliphatic heterocycles. The number of ether oxygens (including phenoxy) is 1. The topological polar surface area (TPSA) is 111 Å². The Balaban J connectivity index is 2.04. The molecular formula is C23H27N3O4. The lowest BCUT2D eigenvalue weighted by molar-refractivity contribution is -0.128. The maximum atomic E-state index is 12.8. The van der Waals surface area contributed by atoms with Gasteiger partial charge in [-0.1, -0.05) is 66.7 Å². The molecule has 0 radical (unpaired) electrons. The van der Waals surface area contributed by atoms with Crippen molar-refractivity contribution in [2.75, 3.05) is 0 Å². The molecule has 2 rings (SSSR count). The number of hydrogen-bond acceptors (Lipinski definition) is 4. The first-order chi connectivity index (χ1) is 14.5. The Labute approximate surface area is 176 Å². The van der Waals surface area contributed by atoms with Gasteiger partial charge >= 0.3 is 6.09 Å². The van der Waals surface area contributed by atoms with E-state index < -0.39 is 30.0 Å².